The maximum Gasteiger partial charge on any atom is 0.234 e. The molecular weight excluding hydrogens is 462 g/mol. The van der Waals surface area contributed by atoms with Crippen molar-refractivity contribution < 1.29 is 4.79 Å². The Kier molecular flexibility index (Phi) is 7.09. The van der Waals surface area contributed by atoms with Gasteiger partial charge in [-0.25, -0.2) is 0 Å². The minimum Gasteiger partial charge on any atom is -0.324 e. The number of amides is 1. The number of nitrogens with zero attached hydrogens (tertiary/aromatic N) is 4. The number of carbonyl (C=O) groups excluding carboxylic acids is 1. The number of carbonyl (C=O) groups is 1. The lowest BCUT2D eigenvalue weighted by molar-refractivity contribution is -0.113. The lowest BCUT2D eigenvalue weighted by Crippen LogP contribution is -2.15. The highest BCUT2D eigenvalue weighted by Crippen LogP contribution is 2.27. The molecule has 0 unspecified atom stereocenters. The predicted octanol–water partition coefficient (Wildman–Crippen LogP) is 5.14. The minimum absolute atomic E-state index is 0.154. The Balaban J connectivity index is 1.73. The van der Waals surface area contributed by atoms with Crippen LogP contribution in [0.2, 0.25) is 5.02 Å². The van der Waals surface area contributed by atoms with Crippen molar-refractivity contribution in [3.8, 4) is 11.4 Å². The van der Waals surface area contributed by atoms with Crippen molar-refractivity contribution in [3.05, 3.63) is 52.2 Å². The lowest BCUT2D eigenvalue weighted by Gasteiger charge is -2.12. The summed E-state index contributed by atoms with van der Waals surface area (Å²) in [6.45, 7) is 5.02. The highest BCUT2D eigenvalue weighted by Gasteiger charge is 2.17. The van der Waals surface area contributed by atoms with Crippen LogP contribution in [0, 0.1) is 5.92 Å². The number of benzene rings is 1. The summed E-state index contributed by atoms with van der Waals surface area (Å²) in [6.07, 6.45) is 3.46. The van der Waals surface area contributed by atoms with Crippen LogP contribution in [0.3, 0.4) is 0 Å². The maximum absolute atomic E-state index is 12.4. The fourth-order valence-electron chi connectivity index (χ4n) is 2.55. The van der Waals surface area contributed by atoms with Gasteiger partial charge in [0.2, 0.25) is 5.91 Å². The Hall–Kier alpha value is -1.90. The number of rotatable bonds is 7. The third kappa shape index (κ3) is 5.33. The van der Waals surface area contributed by atoms with Crippen LogP contribution in [0.15, 0.2) is 52.4 Å². The van der Waals surface area contributed by atoms with E-state index >= 15 is 0 Å². The molecule has 9 heteroatoms. The topological polar surface area (TPSA) is 72.7 Å². The fraction of sp³-hybridized carbons (Fsp3) is 0.263. The highest BCUT2D eigenvalue weighted by atomic mass is 79.9. The van der Waals surface area contributed by atoms with Gasteiger partial charge in [0, 0.05) is 29.0 Å². The molecule has 2 heterocycles. The Labute approximate surface area is 181 Å². The van der Waals surface area contributed by atoms with Crippen LogP contribution in [0.25, 0.3) is 11.4 Å². The molecule has 0 aliphatic rings. The second-order valence-electron chi connectivity index (χ2n) is 6.51. The molecule has 146 valence electrons. The molecule has 0 saturated carbocycles. The average molecular weight is 481 g/mol. The van der Waals surface area contributed by atoms with Crippen LogP contribution in [0.1, 0.15) is 13.8 Å². The summed E-state index contributed by atoms with van der Waals surface area (Å²) in [7, 11) is 0. The molecular formula is C19H19BrClN5OS. The van der Waals surface area contributed by atoms with Gasteiger partial charge in [-0.1, -0.05) is 53.1 Å². The van der Waals surface area contributed by atoms with Crippen molar-refractivity contribution in [3.63, 3.8) is 0 Å². The van der Waals surface area contributed by atoms with Gasteiger partial charge in [-0.15, -0.1) is 10.2 Å². The first-order valence-corrected chi connectivity index (χ1v) is 10.8. The molecule has 0 atom stereocenters. The first-order valence-electron chi connectivity index (χ1n) is 8.65. The standard InChI is InChI=1S/C19H19BrClN5OS/c1-12(2)10-26-18(13-5-7-22-8-6-13)24-25-19(26)28-11-17(27)23-16-4-3-14(20)9-15(16)21/h3-9,12H,10-11H2,1-2H3,(H,23,27). The summed E-state index contributed by atoms with van der Waals surface area (Å²) >= 11 is 10.9. The van der Waals surface area contributed by atoms with E-state index in [0.717, 1.165) is 22.4 Å². The Morgan fingerprint density at radius 2 is 2.00 bits per heavy atom. The predicted molar refractivity (Wildman–Crippen MR) is 117 cm³/mol. The van der Waals surface area contributed by atoms with Gasteiger partial charge in [-0.2, -0.15) is 0 Å². The molecule has 2 aromatic heterocycles. The summed E-state index contributed by atoms with van der Waals surface area (Å²) in [5.74, 6) is 1.24. The van der Waals surface area contributed by atoms with E-state index in [1.54, 1.807) is 24.5 Å². The van der Waals surface area contributed by atoms with Crippen molar-refractivity contribution in [2.24, 2.45) is 5.92 Å². The molecule has 3 rings (SSSR count). The number of halogens is 2. The van der Waals surface area contributed by atoms with Crippen molar-refractivity contribution >= 4 is 50.9 Å². The Morgan fingerprint density at radius 1 is 1.25 bits per heavy atom. The number of hydrogen-bond donors (Lipinski definition) is 1. The Morgan fingerprint density at radius 3 is 2.68 bits per heavy atom. The zero-order valence-electron chi connectivity index (χ0n) is 15.4. The SMILES string of the molecule is CC(C)Cn1c(SCC(=O)Nc2ccc(Br)cc2Cl)nnc1-c1ccncc1. The zero-order valence-corrected chi connectivity index (χ0v) is 18.6. The highest BCUT2D eigenvalue weighted by molar-refractivity contribution is 9.10. The molecule has 1 N–H and O–H groups in total. The zero-order chi connectivity index (χ0) is 20.1. The van der Waals surface area contributed by atoms with E-state index in [9.17, 15) is 4.79 Å². The van der Waals surface area contributed by atoms with Crippen LogP contribution in [-0.4, -0.2) is 31.4 Å². The number of thioether (sulfide) groups is 1. The van der Waals surface area contributed by atoms with Crippen molar-refractivity contribution in [2.75, 3.05) is 11.1 Å². The van der Waals surface area contributed by atoms with Crippen molar-refractivity contribution in [1.29, 1.82) is 0 Å². The third-order valence-electron chi connectivity index (χ3n) is 3.74. The van der Waals surface area contributed by atoms with Gasteiger partial charge in [-0.3, -0.25) is 9.78 Å². The second-order valence-corrected chi connectivity index (χ2v) is 8.77. The van der Waals surface area contributed by atoms with Crippen LogP contribution >= 0.6 is 39.3 Å². The fourth-order valence-corrected chi connectivity index (χ4v) is 4.02. The van der Waals surface area contributed by atoms with Gasteiger partial charge < -0.3 is 9.88 Å². The Bertz CT molecular complexity index is 964. The summed E-state index contributed by atoms with van der Waals surface area (Å²) in [6, 6.07) is 9.13. The number of anilines is 1. The molecule has 0 aliphatic carbocycles. The smallest absolute Gasteiger partial charge is 0.234 e. The molecule has 28 heavy (non-hydrogen) atoms. The van der Waals surface area contributed by atoms with Crippen molar-refractivity contribution in [2.45, 2.75) is 25.5 Å². The number of nitrogens with one attached hydrogen (secondary N) is 1. The number of hydrogen-bond acceptors (Lipinski definition) is 5. The van der Waals surface area contributed by atoms with Crippen LogP contribution in [0.5, 0.6) is 0 Å². The van der Waals surface area contributed by atoms with Crippen LogP contribution in [0.4, 0.5) is 5.69 Å². The van der Waals surface area contributed by atoms with Gasteiger partial charge in [0.25, 0.3) is 0 Å². The van der Waals surface area contributed by atoms with E-state index < -0.39 is 0 Å². The molecule has 1 aromatic carbocycles. The van der Waals surface area contributed by atoms with Gasteiger partial charge in [0.1, 0.15) is 0 Å². The number of aromatic nitrogens is 4. The molecule has 0 saturated heterocycles. The summed E-state index contributed by atoms with van der Waals surface area (Å²) in [5.41, 5.74) is 1.53. The molecule has 1 amide bonds. The van der Waals surface area contributed by atoms with Crippen LogP contribution in [-0.2, 0) is 11.3 Å². The molecule has 6 nitrogen and oxygen atoms in total. The molecule has 3 aromatic rings. The first kappa shape index (κ1) is 20.8. The molecule has 0 aliphatic heterocycles. The van der Waals surface area contributed by atoms with E-state index in [1.807, 2.05) is 22.8 Å². The number of pyridine rings is 1. The van der Waals surface area contributed by atoms with Crippen molar-refractivity contribution in [1.82, 2.24) is 19.7 Å². The van der Waals surface area contributed by atoms with Gasteiger partial charge in [-0.05, 0) is 36.2 Å². The molecule has 0 bridgehead atoms. The first-order chi connectivity index (χ1) is 13.4. The van der Waals surface area contributed by atoms with E-state index in [1.165, 1.54) is 11.8 Å². The van der Waals surface area contributed by atoms with Gasteiger partial charge in [0.15, 0.2) is 11.0 Å². The summed E-state index contributed by atoms with van der Waals surface area (Å²) < 4.78 is 2.90. The monoisotopic (exact) mass is 479 g/mol. The molecule has 0 spiro atoms. The minimum atomic E-state index is -0.154. The van der Waals surface area contributed by atoms with E-state index in [0.29, 0.717) is 21.8 Å². The normalized spacial score (nSPS) is 11.0. The quantitative estimate of drug-likeness (QED) is 0.474. The van der Waals surface area contributed by atoms with Crippen LogP contribution < -0.4 is 5.32 Å². The third-order valence-corrected chi connectivity index (χ3v) is 5.51. The maximum atomic E-state index is 12.4. The van der Waals surface area contributed by atoms with Gasteiger partial charge >= 0.3 is 0 Å². The molecule has 0 radical (unpaired) electrons. The largest absolute Gasteiger partial charge is 0.324 e. The van der Waals surface area contributed by atoms with E-state index in [4.69, 9.17) is 11.6 Å². The van der Waals surface area contributed by atoms with Gasteiger partial charge in [0.05, 0.1) is 16.5 Å². The lowest BCUT2D eigenvalue weighted by atomic mass is 10.2. The van der Waals surface area contributed by atoms with E-state index in [2.05, 4.69) is 50.3 Å². The second kappa shape index (κ2) is 9.54. The molecule has 0 fully saturated rings. The summed E-state index contributed by atoms with van der Waals surface area (Å²) in [4.78, 5) is 16.4. The average Bonchev–Trinajstić information content (AvgIpc) is 3.05. The summed E-state index contributed by atoms with van der Waals surface area (Å²) in [5, 5.41) is 12.6. The van der Waals surface area contributed by atoms with E-state index in [-0.39, 0.29) is 11.7 Å².